The highest BCUT2D eigenvalue weighted by Gasteiger charge is 2.18. The van der Waals surface area contributed by atoms with Gasteiger partial charge in [0.25, 0.3) is 5.91 Å². The maximum Gasteiger partial charge on any atom is 0.337 e. The predicted molar refractivity (Wildman–Crippen MR) is 109 cm³/mol. The van der Waals surface area contributed by atoms with Gasteiger partial charge in [-0.15, -0.1) is 0 Å². The minimum atomic E-state index is -0.408. The van der Waals surface area contributed by atoms with Crippen molar-refractivity contribution in [2.75, 3.05) is 7.11 Å². The number of hydrogen-bond acceptors (Lipinski definition) is 6. The number of amides is 1. The van der Waals surface area contributed by atoms with Crippen LogP contribution in [0.15, 0.2) is 47.0 Å². The summed E-state index contributed by atoms with van der Waals surface area (Å²) in [4.78, 5) is 24.0. The second-order valence-electron chi connectivity index (χ2n) is 6.79. The predicted octanol–water partition coefficient (Wildman–Crippen LogP) is 3.66. The molecule has 3 rings (SSSR count). The molecular weight excluding hydrogens is 386 g/mol. The molecule has 8 nitrogen and oxygen atoms in total. The molecule has 0 aliphatic carbocycles. The molecule has 0 spiro atoms. The number of esters is 1. The van der Waals surface area contributed by atoms with Crippen molar-refractivity contribution in [2.45, 2.75) is 40.0 Å². The Morgan fingerprint density at radius 2 is 1.93 bits per heavy atom. The van der Waals surface area contributed by atoms with Gasteiger partial charge in [-0.3, -0.25) is 9.48 Å². The maximum absolute atomic E-state index is 12.5. The molecular formula is C22H25N3O5. The molecule has 0 bridgehead atoms. The lowest BCUT2D eigenvalue weighted by Crippen LogP contribution is -2.26. The van der Waals surface area contributed by atoms with Crippen molar-refractivity contribution in [1.82, 2.24) is 15.1 Å². The Bertz CT molecular complexity index is 1020. The second kappa shape index (κ2) is 9.30. The van der Waals surface area contributed by atoms with Crippen LogP contribution < -0.4 is 10.1 Å². The topological polar surface area (TPSA) is 95.6 Å². The van der Waals surface area contributed by atoms with Crippen molar-refractivity contribution in [3.63, 3.8) is 0 Å². The van der Waals surface area contributed by atoms with E-state index in [4.69, 9.17) is 9.15 Å². The standard InChI is InChI=1S/C22H25N3O5/c1-5-25-12-19(15(3)24-25)14(2)23-21(26)20-11-10-18(30-20)13-29-17-8-6-16(7-9-17)22(27)28-4/h6-12,14H,5,13H2,1-4H3,(H,23,26). The number of nitrogens with zero attached hydrogens (tertiary/aromatic N) is 2. The number of aromatic nitrogens is 2. The van der Waals surface area contributed by atoms with Crippen molar-refractivity contribution in [3.05, 3.63) is 70.9 Å². The van der Waals surface area contributed by atoms with Crippen LogP contribution in [0.1, 0.15) is 57.8 Å². The van der Waals surface area contributed by atoms with E-state index in [1.54, 1.807) is 36.4 Å². The van der Waals surface area contributed by atoms with E-state index < -0.39 is 5.97 Å². The van der Waals surface area contributed by atoms with Crippen molar-refractivity contribution >= 4 is 11.9 Å². The molecule has 1 unspecified atom stereocenters. The van der Waals surface area contributed by atoms with Crippen molar-refractivity contribution in [1.29, 1.82) is 0 Å². The highest BCUT2D eigenvalue weighted by atomic mass is 16.5. The number of carbonyl (C=O) groups excluding carboxylic acids is 2. The lowest BCUT2D eigenvalue weighted by molar-refractivity contribution is 0.0600. The van der Waals surface area contributed by atoms with Gasteiger partial charge in [-0.1, -0.05) is 0 Å². The average Bonchev–Trinajstić information content (AvgIpc) is 3.38. The Labute approximate surface area is 174 Å². The van der Waals surface area contributed by atoms with Gasteiger partial charge in [-0.05, 0) is 57.2 Å². The van der Waals surface area contributed by atoms with E-state index >= 15 is 0 Å². The molecule has 30 heavy (non-hydrogen) atoms. The largest absolute Gasteiger partial charge is 0.486 e. The van der Waals surface area contributed by atoms with Crippen LogP contribution in [0.4, 0.5) is 0 Å². The molecule has 0 saturated heterocycles. The monoisotopic (exact) mass is 411 g/mol. The summed E-state index contributed by atoms with van der Waals surface area (Å²) in [5, 5.41) is 7.34. The van der Waals surface area contributed by atoms with Crippen LogP contribution in [0.25, 0.3) is 0 Å². The number of nitrogens with one attached hydrogen (secondary N) is 1. The van der Waals surface area contributed by atoms with Gasteiger partial charge in [0.05, 0.1) is 24.4 Å². The van der Waals surface area contributed by atoms with Gasteiger partial charge in [-0.2, -0.15) is 5.10 Å². The summed E-state index contributed by atoms with van der Waals surface area (Å²) in [7, 11) is 1.33. The minimum absolute atomic E-state index is 0.156. The number of ether oxygens (including phenoxy) is 2. The summed E-state index contributed by atoms with van der Waals surface area (Å²) in [6.07, 6.45) is 1.94. The molecule has 0 radical (unpaired) electrons. The van der Waals surface area contributed by atoms with E-state index in [0.29, 0.717) is 17.1 Å². The number of rotatable bonds is 8. The van der Waals surface area contributed by atoms with Gasteiger partial charge >= 0.3 is 5.97 Å². The third-order valence-corrected chi connectivity index (χ3v) is 4.66. The molecule has 1 N–H and O–H groups in total. The van der Waals surface area contributed by atoms with Crippen LogP contribution in [0.3, 0.4) is 0 Å². The summed E-state index contributed by atoms with van der Waals surface area (Å²) < 4.78 is 17.8. The fraction of sp³-hybridized carbons (Fsp3) is 0.318. The van der Waals surface area contributed by atoms with Crippen LogP contribution in [-0.2, 0) is 17.9 Å². The zero-order chi connectivity index (χ0) is 21.7. The molecule has 0 saturated carbocycles. The lowest BCUT2D eigenvalue weighted by atomic mass is 10.1. The highest BCUT2D eigenvalue weighted by molar-refractivity contribution is 5.91. The summed E-state index contributed by atoms with van der Waals surface area (Å²) in [6.45, 7) is 6.77. The zero-order valence-corrected chi connectivity index (χ0v) is 17.5. The first-order valence-electron chi connectivity index (χ1n) is 9.66. The second-order valence-corrected chi connectivity index (χ2v) is 6.79. The summed E-state index contributed by atoms with van der Waals surface area (Å²) in [6, 6.07) is 9.69. The Morgan fingerprint density at radius 1 is 1.20 bits per heavy atom. The van der Waals surface area contributed by atoms with Gasteiger partial charge in [0, 0.05) is 18.3 Å². The normalized spacial score (nSPS) is 11.7. The van der Waals surface area contributed by atoms with Crippen LogP contribution in [0, 0.1) is 6.92 Å². The third kappa shape index (κ3) is 4.89. The number of furan rings is 1. The molecule has 2 heterocycles. The average molecular weight is 411 g/mol. The Hall–Kier alpha value is -3.55. The number of benzene rings is 1. The smallest absolute Gasteiger partial charge is 0.337 e. The molecule has 158 valence electrons. The summed E-state index contributed by atoms with van der Waals surface area (Å²) in [5.74, 6) is 0.582. The van der Waals surface area contributed by atoms with Gasteiger partial charge < -0.3 is 19.2 Å². The third-order valence-electron chi connectivity index (χ3n) is 4.66. The van der Waals surface area contributed by atoms with E-state index in [1.165, 1.54) is 7.11 Å². The Balaban J connectivity index is 1.56. The van der Waals surface area contributed by atoms with E-state index in [1.807, 2.05) is 31.6 Å². The number of carbonyl (C=O) groups is 2. The van der Waals surface area contributed by atoms with Gasteiger partial charge in [-0.25, -0.2) is 4.79 Å². The van der Waals surface area contributed by atoms with Crippen molar-refractivity contribution in [3.8, 4) is 5.75 Å². The SMILES string of the molecule is CCn1cc(C(C)NC(=O)c2ccc(COc3ccc(C(=O)OC)cc3)o2)c(C)n1. The number of methoxy groups -OCH3 is 1. The summed E-state index contributed by atoms with van der Waals surface area (Å²) >= 11 is 0. The van der Waals surface area contributed by atoms with E-state index in [-0.39, 0.29) is 24.3 Å². The molecule has 0 aliphatic heterocycles. The molecule has 1 aromatic carbocycles. The van der Waals surface area contributed by atoms with Crippen LogP contribution in [0.5, 0.6) is 5.75 Å². The van der Waals surface area contributed by atoms with Gasteiger partial charge in [0.2, 0.25) is 0 Å². The minimum Gasteiger partial charge on any atom is -0.486 e. The summed E-state index contributed by atoms with van der Waals surface area (Å²) in [5.41, 5.74) is 2.29. The van der Waals surface area contributed by atoms with Crippen molar-refractivity contribution in [2.24, 2.45) is 0 Å². The van der Waals surface area contributed by atoms with Crippen LogP contribution >= 0.6 is 0 Å². The molecule has 1 atom stereocenters. The fourth-order valence-electron chi connectivity index (χ4n) is 3.00. The first kappa shape index (κ1) is 21.2. The number of aryl methyl sites for hydroxylation is 2. The lowest BCUT2D eigenvalue weighted by Gasteiger charge is -2.12. The van der Waals surface area contributed by atoms with Crippen LogP contribution in [0.2, 0.25) is 0 Å². The van der Waals surface area contributed by atoms with Gasteiger partial charge in [0.15, 0.2) is 5.76 Å². The highest BCUT2D eigenvalue weighted by Crippen LogP contribution is 2.19. The molecule has 0 fully saturated rings. The Morgan fingerprint density at radius 3 is 2.57 bits per heavy atom. The molecule has 3 aromatic rings. The Kier molecular flexibility index (Phi) is 6.56. The molecule has 0 aliphatic rings. The van der Waals surface area contributed by atoms with E-state index in [2.05, 4.69) is 15.2 Å². The molecule has 8 heteroatoms. The van der Waals surface area contributed by atoms with E-state index in [9.17, 15) is 9.59 Å². The quantitative estimate of drug-likeness (QED) is 0.569. The zero-order valence-electron chi connectivity index (χ0n) is 17.5. The first-order valence-corrected chi connectivity index (χ1v) is 9.66. The van der Waals surface area contributed by atoms with Crippen molar-refractivity contribution < 1.29 is 23.5 Å². The molecule has 1 amide bonds. The van der Waals surface area contributed by atoms with Gasteiger partial charge in [0.1, 0.15) is 18.1 Å². The number of hydrogen-bond donors (Lipinski definition) is 1. The maximum atomic E-state index is 12.5. The first-order chi connectivity index (χ1) is 14.4. The fourth-order valence-corrected chi connectivity index (χ4v) is 3.00. The van der Waals surface area contributed by atoms with E-state index in [0.717, 1.165) is 17.8 Å². The molecule has 2 aromatic heterocycles. The van der Waals surface area contributed by atoms with Crippen LogP contribution in [-0.4, -0.2) is 28.8 Å².